The van der Waals surface area contributed by atoms with E-state index in [2.05, 4.69) is 21.6 Å². The lowest BCUT2D eigenvalue weighted by atomic mass is 10.2. The van der Waals surface area contributed by atoms with E-state index in [1.165, 1.54) is 17.3 Å². The van der Waals surface area contributed by atoms with Gasteiger partial charge in [0.05, 0.1) is 10.9 Å². The molecule has 1 amide bonds. The third kappa shape index (κ3) is 3.20. The monoisotopic (exact) mass is 385 g/mol. The second kappa shape index (κ2) is 7.09. The SMILES string of the molecule is C[C@H](Sc1nnnn1-c1cccc(Cl)c1)C(=O)N1CCc2ccccc21. The number of anilines is 1. The fourth-order valence-electron chi connectivity index (χ4n) is 3.02. The van der Waals surface area contributed by atoms with Crippen LogP contribution in [0.2, 0.25) is 5.02 Å². The van der Waals surface area contributed by atoms with E-state index in [-0.39, 0.29) is 11.2 Å². The Kier molecular flexibility index (Phi) is 4.65. The maximum absolute atomic E-state index is 12.9. The second-order valence-electron chi connectivity index (χ2n) is 5.98. The Labute approximate surface area is 160 Å². The molecule has 4 rings (SSSR count). The van der Waals surface area contributed by atoms with Gasteiger partial charge >= 0.3 is 0 Å². The van der Waals surface area contributed by atoms with Crippen LogP contribution in [0.5, 0.6) is 0 Å². The van der Waals surface area contributed by atoms with E-state index in [1.807, 2.05) is 42.2 Å². The Morgan fingerprint density at radius 3 is 2.92 bits per heavy atom. The number of hydrogen-bond donors (Lipinski definition) is 0. The highest BCUT2D eigenvalue weighted by molar-refractivity contribution is 8.00. The number of thioether (sulfide) groups is 1. The van der Waals surface area contributed by atoms with E-state index in [9.17, 15) is 4.79 Å². The van der Waals surface area contributed by atoms with Crippen LogP contribution in [-0.2, 0) is 11.2 Å². The molecule has 0 aliphatic carbocycles. The maximum atomic E-state index is 12.9. The van der Waals surface area contributed by atoms with Crippen molar-refractivity contribution in [1.82, 2.24) is 20.2 Å². The summed E-state index contributed by atoms with van der Waals surface area (Å²) in [5.41, 5.74) is 2.97. The molecule has 0 fully saturated rings. The van der Waals surface area contributed by atoms with Crippen LogP contribution in [0.15, 0.2) is 53.7 Å². The molecule has 6 nitrogen and oxygen atoms in total. The predicted molar refractivity (Wildman–Crippen MR) is 102 cm³/mol. The summed E-state index contributed by atoms with van der Waals surface area (Å²) in [6, 6.07) is 15.3. The van der Waals surface area contributed by atoms with Crippen LogP contribution in [0.3, 0.4) is 0 Å². The number of nitrogens with zero attached hydrogens (tertiary/aromatic N) is 5. The van der Waals surface area contributed by atoms with Crippen molar-refractivity contribution in [2.45, 2.75) is 23.8 Å². The molecular weight excluding hydrogens is 370 g/mol. The number of tetrazole rings is 1. The molecule has 1 aliphatic rings. The van der Waals surface area contributed by atoms with Gasteiger partial charge in [-0.05, 0) is 53.6 Å². The van der Waals surface area contributed by atoms with Gasteiger partial charge in [-0.1, -0.05) is 47.6 Å². The van der Waals surface area contributed by atoms with Gasteiger partial charge in [-0.2, -0.15) is 4.68 Å². The molecular formula is C18H16ClN5OS. The van der Waals surface area contributed by atoms with E-state index >= 15 is 0 Å². The third-order valence-electron chi connectivity index (χ3n) is 4.28. The molecule has 0 saturated heterocycles. The first kappa shape index (κ1) is 17.1. The fourth-order valence-corrected chi connectivity index (χ4v) is 4.07. The summed E-state index contributed by atoms with van der Waals surface area (Å²) >= 11 is 7.39. The van der Waals surface area contributed by atoms with Gasteiger partial charge in [0.25, 0.3) is 0 Å². The molecule has 0 bridgehead atoms. The summed E-state index contributed by atoms with van der Waals surface area (Å²) in [5.74, 6) is 0.0561. The van der Waals surface area contributed by atoms with Crippen LogP contribution in [0.4, 0.5) is 5.69 Å². The third-order valence-corrected chi connectivity index (χ3v) is 5.53. The standard InChI is InChI=1S/C18H16ClN5OS/c1-12(17(25)23-10-9-13-5-2-3-8-16(13)23)26-18-20-21-22-24(18)15-7-4-6-14(19)11-15/h2-8,11-12H,9-10H2,1H3/t12-/m0/s1. The summed E-state index contributed by atoms with van der Waals surface area (Å²) < 4.78 is 1.60. The zero-order valence-corrected chi connectivity index (χ0v) is 15.6. The number of halogens is 1. The summed E-state index contributed by atoms with van der Waals surface area (Å²) in [6.07, 6.45) is 0.888. The van der Waals surface area contributed by atoms with Gasteiger partial charge < -0.3 is 4.90 Å². The number of carbonyl (C=O) groups excluding carboxylic acids is 1. The van der Waals surface area contributed by atoms with Gasteiger partial charge in [0, 0.05) is 17.3 Å². The summed E-state index contributed by atoms with van der Waals surface area (Å²) in [4.78, 5) is 14.8. The summed E-state index contributed by atoms with van der Waals surface area (Å²) in [7, 11) is 0. The lowest BCUT2D eigenvalue weighted by Crippen LogP contribution is -2.35. The molecule has 0 spiro atoms. The minimum absolute atomic E-state index is 0.0561. The number of para-hydroxylation sites is 1. The van der Waals surface area contributed by atoms with Crippen LogP contribution >= 0.6 is 23.4 Å². The van der Waals surface area contributed by atoms with Crippen molar-refractivity contribution in [3.8, 4) is 5.69 Å². The molecule has 1 aliphatic heterocycles. The van der Waals surface area contributed by atoms with Gasteiger partial charge in [0.15, 0.2) is 0 Å². The zero-order valence-electron chi connectivity index (χ0n) is 14.0. The van der Waals surface area contributed by atoms with Crippen molar-refractivity contribution in [3.63, 3.8) is 0 Å². The predicted octanol–water partition coefficient (Wildman–Crippen LogP) is 3.39. The minimum atomic E-state index is -0.315. The first-order chi connectivity index (χ1) is 12.6. The van der Waals surface area contributed by atoms with Crippen molar-refractivity contribution < 1.29 is 4.79 Å². The molecule has 3 aromatic rings. The first-order valence-electron chi connectivity index (χ1n) is 8.24. The highest BCUT2D eigenvalue weighted by Crippen LogP contribution is 2.31. The minimum Gasteiger partial charge on any atom is -0.311 e. The molecule has 1 aromatic heterocycles. The molecule has 0 radical (unpaired) electrons. The van der Waals surface area contributed by atoms with Crippen molar-refractivity contribution in [2.75, 3.05) is 11.4 Å². The van der Waals surface area contributed by atoms with Crippen LogP contribution in [0.25, 0.3) is 5.69 Å². The Morgan fingerprint density at radius 1 is 1.23 bits per heavy atom. The van der Waals surface area contributed by atoms with Crippen LogP contribution in [0, 0.1) is 0 Å². The molecule has 0 saturated carbocycles. The molecule has 8 heteroatoms. The Morgan fingerprint density at radius 2 is 2.08 bits per heavy atom. The number of hydrogen-bond acceptors (Lipinski definition) is 5. The number of fused-ring (bicyclic) bond motifs is 1. The molecule has 26 heavy (non-hydrogen) atoms. The first-order valence-corrected chi connectivity index (χ1v) is 9.49. The van der Waals surface area contributed by atoms with E-state index < -0.39 is 0 Å². The van der Waals surface area contributed by atoms with Crippen LogP contribution in [-0.4, -0.2) is 37.9 Å². The second-order valence-corrected chi connectivity index (χ2v) is 7.73. The fraction of sp³-hybridized carbons (Fsp3) is 0.222. The maximum Gasteiger partial charge on any atom is 0.240 e. The van der Waals surface area contributed by atoms with E-state index in [4.69, 9.17) is 11.6 Å². The zero-order chi connectivity index (χ0) is 18.1. The number of rotatable bonds is 4. The Balaban J connectivity index is 1.54. The van der Waals surface area contributed by atoms with Crippen LogP contribution < -0.4 is 4.90 Å². The molecule has 0 N–H and O–H groups in total. The lowest BCUT2D eigenvalue weighted by molar-refractivity contribution is -0.117. The molecule has 2 heterocycles. The van der Waals surface area contributed by atoms with Gasteiger partial charge in [-0.25, -0.2) is 0 Å². The van der Waals surface area contributed by atoms with Crippen molar-refractivity contribution in [3.05, 3.63) is 59.1 Å². The van der Waals surface area contributed by atoms with Crippen LogP contribution in [0.1, 0.15) is 12.5 Å². The Hall–Kier alpha value is -2.38. The Bertz CT molecular complexity index is 960. The lowest BCUT2D eigenvalue weighted by Gasteiger charge is -2.21. The summed E-state index contributed by atoms with van der Waals surface area (Å²) in [5, 5.41) is 12.7. The highest BCUT2D eigenvalue weighted by atomic mass is 35.5. The van der Waals surface area contributed by atoms with E-state index in [0.717, 1.165) is 17.8 Å². The van der Waals surface area contributed by atoms with Gasteiger partial charge in [0.1, 0.15) is 0 Å². The molecule has 0 unspecified atom stereocenters. The topological polar surface area (TPSA) is 63.9 Å². The molecule has 2 aromatic carbocycles. The van der Waals surface area contributed by atoms with Gasteiger partial charge in [0.2, 0.25) is 11.1 Å². The molecule has 1 atom stereocenters. The number of amides is 1. The smallest absolute Gasteiger partial charge is 0.240 e. The van der Waals surface area contributed by atoms with E-state index in [0.29, 0.717) is 16.7 Å². The summed E-state index contributed by atoms with van der Waals surface area (Å²) in [6.45, 7) is 2.59. The van der Waals surface area contributed by atoms with Gasteiger partial charge in [-0.15, -0.1) is 5.10 Å². The molecule has 132 valence electrons. The number of benzene rings is 2. The van der Waals surface area contributed by atoms with E-state index in [1.54, 1.807) is 16.8 Å². The largest absolute Gasteiger partial charge is 0.311 e. The highest BCUT2D eigenvalue weighted by Gasteiger charge is 2.29. The van der Waals surface area contributed by atoms with Crippen molar-refractivity contribution in [1.29, 1.82) is 0 Å². The van der Waals surface area contributed by atoms with Gasteiger partial charge in [-0.3, -0.25) is 4.79 Å². The average molecular weight is 386 g/mol. The average Bonchev–Trinajstić information content (AvgIpc) is 3.28. The van der Waals surface area contributed by atoms with Crippen molar-refractivity contribution >= 4 is 35.0 Å². The number of aromatic nitrogens is 4. The quantitative estimate of drug-likeness (QED) is 0.644. The van der Waals surface area contributed by atoms with Crippen molar-refractivity contribution in [2.24, 2.45) is 0 Å². The number of carbonyl (C=O) groups is 1. The normalized spacial score (nSPS) is 14.3.